The highest BCUT2D eigenvalue weighted by Crippen LogP contribution is 2.42. The number of rotatable bonds is 1. The maximum atomic E-state index is 10.9. The van der Waals surface area contributed by atoms with Crippen molar-refractivity contribution < 1.29 is 9.52 Å². The Kier molecular flexibility index (Phi) is 1.24. The standard InChI is InChI=1S/C8H8O3/c9-6-3-4-11-8(7(6)10)5-1-2-5/h3-5,10H,1-2H2. The van der Waals surface area contributed by atoms with Crippen molar-refractivity contribution in [3.05, 3.63) is 28.3 Å². The van der Waals surface area contributed by atoms with Gasteiger partial charge in [-0.25, -0.2) is 0 Å². The predicted molar refractivity (Wildman–Crippen MR) is 38.6 cm³/mol. The molecule has 3 nitrogen and oxygen atoms in total. The quantitative estimate of drug-likeness (QED) is 0.658. The molecule has 1 aromatic rings. The first-order valence-electron chi connectivity index (χ1n) is 3.59. The third kappa shape index (κ3) is 1.02. The van der Waals surface area contributed by atoms with Crippen LogP contribution in [0.1, 0.15) is 24.5 Å². The zero-order chi connectivity index (χ0) is 7.84. The molecule has 0 saturated heterocycles. The normalized spacial score (nSPS) is 16.7. The van der Waals surface area contributed by atoms with Gasteiger partial charge in [-0.15, -0.1) is 0 Å². The summed E-state index contributed by atoms with van der Waals surface area (Å²) in [6.45, 7) is 0. The van der Waals surface area contributed by atoms with Crippen LogP contribution in [0.15, 0.2) is 21.5 Å². The minimum Gasteiger partial charge on any atom is -0.502 e. The summed E-state index contributed by atoms with van der Waals surface area (Å²) in [5.74, 6) is 0.524. The van der Waals surface area contributed by atoms with E-state index in [1.165, 1.54) is 12.3 Å². The van der Waals surface area contributed by atoms with Crippen molar-refractivity contribution in [2.75, 3.05) is 0 Å². The Morgan fingerprint density at radius 1 is 1.55 bits per heavy atom. The van der Waals surface area contributed by atoms with Crippen molar-refractivity contribution >= 4 is 0 Å². The van der Waals surface area contributed by atoms with Crippen molar-refractivity contribution in [3.63, 3.8) is 0 Å². The third-order valence-electron chi connectivity index (χ3n) is 1.83. The molecule has 1 N–H and O–H groups in total. The van der Waals surface area contributed by atoms with Crippen LogP contribution in [0, 0.1) is 0 Å². The van der Waals surface area contributed by atoms with E-state index in [1.54, 1.807) is 0 Å². The lowest BCUT2D eigenvalue weighted by Crippen LogP contribution is -1.99. The lowest BCUT2D eigenvalue weighted by molar-refractivity contribution is 0.400. The lowest BCUT2D eigenvalue weighted by atomic mass is 10.2. The highest BCUT2D eigenvalue weighted by atomic mass is 16.4. The van der Waals surface area contributed by atoms with E-state index in [9.17, 15) is 9.90 Å². The van der Waals surface area contributed by atoms with Crippen molar-refractivity contribution in [3.8, 4) is 5.75 Å². The Morgan fingerprint density at radius 3 is 2.91 bits per heavy atom. The van der Waals surface area contributed by atoms with Crippen molar-refractivity contribution in [2.45, 2.75) is 18.8 Å². The summed E-state index contributed by atoms with van der Waals surface area (Å²) in [6, 6.07) is 1.22. The zero-order valence-corrected chi connectivity index (χ0v) is 5.91. The van der Waals surface area contributed by atoms with Gasteiger partial charge in [0, 0.05) is 12.0 Å². The monoisotopic (exact) mass is 152 g/mol. The highest BCUT2D eigenvalue weighted by molar-refractivity contribution is 5.28. The van der Waals surface area contributed by atoms with E-state index in [2.05, 4.69) is 0 Å². The van der Waals surface area contributed by atoms with Crippen LogP contribution >= 0.6 is 0 Å². The summed E-state index contributed by atoms with van der Waals surface area (Å²) >= 11 is 0. The molecule has 1 aromatic heterocycles. The second-order valence-electron chi connectivity index (χ2n) is 2.77. The molecule has 0 radical (unpaired) electrons. The van der Waals surface area contributed by atoms with Gasteiger partial charge in [0.2, 0.25) is 11.2 Å². The molecule has 58 valence electrons. The van der Waals surface area contributed by atoms with Gasteiger partial charge in [-0.2, -0.15) is 0 Å². The van der Waals surface area contributed by atoms with E-state index in [1.807, 2.05) is 0 Å². The predicted octanol–water partition coefficient (Wildman–Crippen LogP) is 1.22. The number of hydrogen-bond acceptors (Lipinski definition) is 3. The molecule has 11 heavy (non-hydrogen) atoms. The molecule has 0 spiro atoms. The number of hydrogen-bond donors (Lipinski definition) is 1. The fraction of sp³-hybridized carbons (Fsp3) is 0.375. The molecule has 1 saturated carbocycles. The molecule has 2 rings (SSSR count). The summed E-state index contributed by atoms with van der Waals surface area (Å²) in [7, 11) is 0. The van der Waals surface area contributed by atoms with E-state index < -0.39 is 0 Å². The molecular formula is C8H8O3. The van der Waals surface area contributed by atoms with E-state index >= 15 is 0 Å². The van der Waals surface area contributed by atoms with Crippen LogP contribution in [0.25, 0.3) is 0 Å². The summed E-state index contributed by atoms with van der Waals surface area (Å²) in [5, 5.41) is 9.20. The van der Waals surface area contributed by atoms with Crippen LogP contribution in [0.5, 0.6) is 5.75 Å². The van der Waals surface area contributed by atoms with Crippen molar-refractivity contribution in [1.82, 2.24) is 0 Å². The average Bonchev–Trinajstić information content (AvgIpc) is 2.77. The first kappa shape index (κ1) is 6.46. The van der Waals surface area contributed by atoms with Gasteiger partial charge in [-0.3, -0.25) is 4.79 Å². The van der Waals surface area contributed by atoms with Gasteiger partial charge in [0.1, 0.15) is 0 Å². The van der Waals surface area contributed by atoms with Crippen molar-refractivity contribution in [2.24, 2.45) is 0 Å². The Labute approximate surface area is 63.3 Å². The van der Waals surface area contributed by atoms with Crippen LogP contribution in [-0.4, -0.2) is 5.11 Å². The Bertz CT molecular complexity index is 322. The van der Waals surface area contributed by atoms with Gasteiger partial charge < -0.3 is 9.52 Å². The first-order valence-corrected chi connectivity index (χ1v) is 3.59. The maximum absolute atomic E-state index is 10.9. The molecule has 0 unspecified atom stereocenters. The molecule has 0 aromatic carbocycles. The average molecular weight is 152 g/mol. The van der Waals surface area contributed by atoms with Crippen LogP contribution < -0.4 is 5.43 Å². The van der Waals surface area contributed by atoms with Crippen molar-refractivity contribution in [1.29, 1.82) is 0 Å². The summed E-state index contributed by atoms with van der Waals surface area (Å²) in [5.41, 5.74) is -0.349. The van der Waals surface area contributed by atoms with Gasteiger partial charge >= 0.3 is 0 Å². The molecule has 1 aliphatic rings. The van der Waals surface area contributed by atoms with E-state index in [-0.39, 0.29) is 17.1 Å². The first-order chi connectivity index (χ1) is 5.29. The second kappa shape index (κ2) is 2.12. The van der Waals surface area contributed by atoms with Gasteiger partial charge in [-0.1, -0.05) is 0 Å². The molecule has 0 bridgehead atoms. The lowest BCUT2D eigenvalue weighted by Gasteiger charge is -1.97. The fourth-order valence-corrected chi connectivity index (χ4v) is 1.06. The Morgan fingerprint density at radius 2 is 2.27 bits per heavy atom. The Balaban J connectivity index is 2.54. The van der Waals surface area contributed by atoms with Crippen LogP contribution in [0.3, 0.4) is 0 Å². The smallest absolute Gasteiger partial charge is 0.226 e. The summed E-state index contributed by atoms with van der Waals surface area (Å²) in [4.78, 5) is 10.9. The molecule has 1 heterocycles. The number of aromatic hydroxyl groups is 1. The molecule has 0 atom stereocenters. The second-order valence-corrected chi connectivity index (χ2v) is 2.77. The molecular weight excluding hydrogens is 144 g/mol. The zero-order valence-electron chi connectivity index (χ0n) is 5.91. The minimum absolute atomic E-state index is 0.213. The third-order valence-corrected chi connectivity index (χ3v) is 1.83. The summed E-state index contributed by atoms with van der Waals surface area (Å²) < 4.78 is 5.01. The van der Waals surface area contributed by atoms with Gasteiger partial charge in [0.25, 0.3) is 0 Å². The fourth-order valence-electron chi connectivity index (χ4n) is 1.06. The highest BCUT2D eigenvalue weighted by Gasteiger charge is 2.29. The topological polar surface area (TPSA) is 50.4 Å². The van der Waals surface area contributed by atoms with E-state index in [0.29, 0.717) is 5.76 Å². The van der Waals surface area contributed by atoms with Gasteiger partial charge in [-0.05, 0) is 12.8 Å². The Hall–Kier alpha value is -1.25. The SMILES string of the molecule is O=c1ccoc(C2CC2)c1O. The molecule has 1 fully saturated rings. The summed E-state index contributed by atoms with van der Waals surface area (Å²) in [6.07, 6.45) is 3.36. The largest absolute Gasteiger partial charge is 0.502 e. The van der Waals surface area contributed by atoms with Gasteiger partial charge in [0.15, 0.2) is 5.76 Å². The molecule has 1 aliphatic carbocycles. The van der Waals surface area contributed by atoms with Crippen LogP contribution in [0.4, 0.5) is 0 Å². The maximum Gasteiger partial charge on any atom is 0.226 e. The molecule has 0 amide bonds. The minimum atomic E-state index is -0.349. The van der Waals surface area contributed by atoms with E-state index in [4.69, 9.17) is 4.42 Å². The molecule has 0 aliphatic heterocycles. The van der Waals surface area contributed by atoms with Gasteiger partial charge in [0.05, 0.1) is 6.26 Å². The molecule has 3 heteroatoms. The van der Waals surface area contributed by atoms with E-state index in [0.717, 1.165) is 12.8 Å². The van der Waals surface area contributed by atoms with Crippen LogP contribution in [-0.2, 0) is 0 Å². The van der Waals surface area contributed by atoms with Crippen LogP contribution in [0.2, 0.25) is 0 Å².